The number of carbonyl (C=O) groups excluding carboxylic acids is 1. The first-order chi connectivity index (χ1) is 12.9. The molecule has 27 heavy (non-hydrogen) atoms. The lowest BCUT2D eigenvalue weighted by Crippen LogP contribution is -2.30. The molecule has 1 amide bonds. The number of ether oxygens (including phenoxy) is 1. The number of halogens is 4. The van der Waals surface area contributed by atoms with Crippen LogP contribution in [0.2, 0.25) is 5.02 Å². The van der Waals surface area contributed by atoms with E-state index in [2.05, 4.69) is 10.9 Å². The summed E-state index contributed by atoms with van der Waals surface area (Å²) < 4.78 is 46.8. The molecule has 0 aliphatic rings. The van der Waals surface area contributed by atoms with E-state index in [9.17, 15) is 18.0 Å². The second kappa shape index (κ2) is 7.63. The summed E-state index contributed by atoms with van der Waals surface area (Å²) in [5, 5.41) is 0.274. The smallest absolute Gasteiger partial charge is 0.273 e. The molecule has 0 aliphatic carbocycles. The van der Waals surface area contributed by atoms with Crippen molar-refractivity contribution in [2.24, 2.45) is 0 Å². The quantitative estimate of drug-likeness (QED) is 0.500. The molecule has 0 unspecified atom stereocenters. The van der Waals surface area contributed by atoms with E-state index < -0.39 is 29.0 Å². The number of amides is 1. The van der Waals surface area contributed by atoms with E-state index in [-0.39, 0.29) is 16.3 Å². The van der Waals surface area contributed by atoms with Crippen molar-refractivity contribution >= 4 is 23.2 Å². The van der Waals surface area contributed by atoms with Crippen molar-refractivity contribution < 1.29 is 22.7 Å². The minimum atomic E-state index is -1.65. The third kappa shape index (κ3) is 3.70. The van der Waals surface area contributed by atoms with E-state index >= 15 is 0 Å². The van der Waals surface area contributed by atoms with Gasteiger partial charge in [-0.25, -0.2) is 13.2 Å². The Morgan fingerprint density at radius 2 is 1.81 bits per heavy atom. The zero-order valence-electron chi connectivity index (χ0n) is 13.9. The van der Waals surface area contributed by atoms with Gasteiger partial charge in [-0.1, -0.05) is 11.6 Å². The summed E-state index contributed by atoms with van der Waals surface area (Å²) in [6.45, 7) is 0. The van der Waals surface area contributed by atoms with Gasteiger partial charge in [0.2, 0.25) is 0 Å². The normalized spacial score (nSPS) is 10.6. The fourth-order valence-corrected chi connectivity index (χ4v) is 2.66. The van der Waals surface area contributed by atoms with Gasteiger partial charge in [-0.05, 0) is 30.3 Å². The number of benzene rings is 2. The highest BCUT2D eigenvalue weighted by Gasteiger charge is 2.18. The molecule has 0 fully saturated rings. The molecule has 0 atom stereocenters. The minimum absolute atomic E-state index is 0.0638. The van der Waals surface area contributed by atoms with Crippen molar-refractivity contribution in [3.63, 3.8) is 0 Å². The van der Waals surface area contributed by atoms with Crippen LogP contribution in [0, 0.1) is 17.5 Å². The van der Waals surface area contributed by atoms with Gasteiger partial charge < -0.3 is 9.30 Å². The molecule has 1 aromatic heterocycles. The van der Waals surface area contributed by atoms with Gasteiger partial charge in [0.25, 0.3) is 5.91 Å². The predicted molar refractivity (Wildman–Crippen MR) is 94.7 cm³/mol. The largest absolute Gasteiger partial charge is 0.496 e. The number of hydrazine groups is 1. The van der Waals surface area contributed by atoms with Crippen molar-refractivity contribution in [1.82, 2.24) is 9.99 Å². The Bertz CT molecular complexity index is 994. The van der Waals surface area contributed by atoms with E-state index in [0.717, 1.165) is 12.1 Å². The van der Waals surface area contributed by atoms with Crippen molar-refractivity contribution in [2.75, 3.05) is 12.5 Å². The Balaban J connectivity index is 1.85. The second-order valence-corrected chi connectivity index (χ2v) is 5.80. The third-order valence-corrected chi connectivity index (χ3v) is 4.04. The summed E-state index contributed by atoms with van der Waals surface area (Å²) in [5.74, 6) is -4.93. The molecule has 140 valence electrons. The molecular formula is C18H13ClF3N3O2. The van der Waals surface area contributed by atoms with Crippen LogP contribution in [0.5, 0.6) is 5.75 Å². The monoisotopic (exact) mass is 395 g/mol. The molecule has 2 N–H and O–H groups in total. The number of rotatable bonds is 5. The van der Waals surface area contributed by atoms with Gasteiger partial charge in [-0.2, -0.15) is 0 Å². The maximum atomic E-state index is 13.7. The highest BCUT2D eigenvalue weighted by molar-refractivity contribution is 6.33. The van der Waals surface area contributed by atoms with Gasteiger partial charge in [-0.15, -0.1) is 0 Å². The van der Waals surface area contributed by atoms with Crippen molar-refractivity contribution in [3.8, 4) is 11.4 Å². The summed E-state index contributed by atoms with van der Waals surface area (Å²) in [7, 11) is 1.38. The van der Waals surface area contributed by atoms with Crippen molar-refractivity contribution in [2.45, 2.75) is 0 Å². The first kappa shape index (κ1) is 18.7. The van der Waals surface area contributed by atoms with Crippen LogP contribution in [0.3, 0.4) is 0 Å². The number of anilines is 1. The third-order valence-electron chi connectivity index (χ3n) is 3.74. The van der Waals surface area contributed by atoms with E-state index in [1.54, 1.807) is 23.0 Å². The van der Waals surface area contributed by atoms with Crippen molar-refractivity contribution in [1.29, 1.82) is 0 Å². The van der Waals surface area contributed by atoms with E-state index in [0.29, 0.717) is 5.69 Å². The summed E-state index contributed by atoms with van der Waals surface area (Å²) in [5.41, 5.74) is 4.62. The number of hydrogen-bond donors (Lipinski definition) is 2. The Morgan fingerprint density at radius 1 is 1.11 bits per heavy atom. The van der Waals surface area contributed by atoms with Gasteiger partial charge in [0.05, 0.1) is 29.1 Å². The van der Waals surface area contributed by atoms with Gasteiger partial charge in [0.1, 0.15) is 5.75 Å². The van der Waals surface area contributed by atoms with E-state index in [1.807, 2.05) is 12.1 Å². The van der Waals surface area contributed by atoms with Crippen LogP contribution >= 0.6 is 11.6 Å². The molecule has 2 aromatic carbocycles. The molecule has 3 aromatic rings. The molecule has 0 spiro atoms. The van der Waals surface area contributed by atoms with Crippen LogP contribution in [0.1, 0.15) is 10.4 Å². The van der Waals surface area contributed by atoms with Crippen LogP contribution in [-0.2, 0) is 0 Å². The zero-order chi connectivity index (χ0) is 19.6. The van der Waals surface area contributed by atoms with Gasteiger partial charge in [-0.3, -0.25) is 15.6 Å². The zero-order valence-corrected chi connectivity index (χ0v) is 14.7. The fourth-order valence-electron chi connectivity index (χ4n) is 2.40. The molecule has 0 saturated heterocycles. The average Bonchev–Trinajstić information content (AvgIpc) is 3.19. The maximum absolute atomic E-state index is 13.7. The van der Waals surface area contributed by atoms with Crippen molar-refractivity contribution in [3.05, 3.63) is 76.8 Å². The molecule has 0 saturated carbocycles. The minimum Gasteiger partial charge on any atom is -0.496 e. The van der Waals surface area contributed by atoms with Crippen LogP contribution in [0.15, 0.2) is 48.8 Å². The molecule has 1 heterocycles. The lowest BCUT2D eigenvalue weighted by atomic mass is 10.1. The van der Waals surface area contributed by atoms with Gasteiger partial charge in [0.15, 0.2) is 17.5 Å². The standard InChI is InChI=1S/C18H13ClF3N3O2/c1-27-15-9-14(25-6-2-3-7-25)11(19)8-10(15)18(26)24-23-13-5-4-12(20)16(21)17(13)22/h2-9,23H,1H3,(H,24,26). The topological polar surface area (TPSA) is 55.3 Å². The molecule has 0 aliphatic heterocycles. The van der Waals surface area contributed by atoms with Crippen LogP contribution in [-0.4, -0.2) is 17.6 Å². The Hall–Kier alpha value is -3.13. The summed E-state index contributed by atoms with van der Waals surface area (Å²) in [6, 6.07) is 8.25. The first-order valence-corrected chi connectivity index (χ1v) is 8.01. The second-order valence-electron chi connectivity index (χ2n) is 5.40. The number of methoxy groups -OCH3 is 1. The SMILES string of the molecule is COc1cc(-n2cccc2)c(Cl)cc1C(=O)NNc1ccc(F)c(F)c1F. The molecule has 3 rings (SSSR count). The fraction of sp³-hybridized carbons (Fsp3) is 0.0556. The maximum Gasteiger partial charge on any atom is 0.273 e. The van der Waals surface area contributed by atoms with Crippen LogP contribution in [0.4, 0.5) is 18.9 Å². The van der Waals surface area contributed by atoms with E-state index in [4.69, 9.17) is 16.3 Å². The number of aromatic nitrogens is 1. The molecule has 9 heteroatoms. The molecule has 0 radical (unpaired) electrons. The highest BCUT2D eigenvalue weighted by atomic mass is 35.5. The Morgan fingerprint density at radius 3 is 2.48 bits per heavy atom. The summed E-state index contributed by atoms with van der Waals surface area (Å²) >= 11 is 6.25. The molecular weight excluding hydrogens is 383 g/mol. The molecule has 5 nitrogen and oxygen atoms in total. The number of nitrogens with one attached hydrogen (secondary N) is 2. The van der Waals surface area contributed by atoms with E-state index in [1.165, 1.54) is 13.2 Å². The summed E-state index contributed by atoms with van der Waals surface area (Å²) in [6.07, 6.45) is 3.54. The Labute approximate surface area is 157 Å². The van der Waals surface area contributed by atoms with Gasteiger partial charge >= 0.3 is 0 Å². The van der Waals surface area contributed by atoms with Crippen LogP contribution in [0.25, 0.3) is 5.69 Å². The number of hydrogen-bond acceptors (Lipinski definition) is 3. The number of carbonyl (C=O) groups is 1. The van der Waals surface area contributed by atoms with Gasteiger partial charge in [0, 0.05) is 18.5 Å². The molecule has 0 bridgehead atoms. The predicted octanol–water partition coefficient (Wildman–Crippen LogP) is 4.31. The lowest BCUT2D eigenvalue weighted by Gasteiger charge is -2.14. The highest BCUT2D eigenvalue weighted by Crippen LogP contribution is 2.30. The summed E-state index contributed by atoms with van der Waals surface area (Å²) in [4.78, 5) is 12.4. The number of nitrogens with zero attached hydrogens (tertiary/aromatic N) is 1. The average molecular weight is 396 g/mol. The van der Waals surface area contributed by atoms with Crippen LogP contribution < -0.4 is 15.6 Å². The first-order valence-electron chi connectivity index (χ1n) is 7.63. The lowest BCUT2D eigenvalue weighted by molar-refractivity contribution is 0.0959. The Kier molecular flexibility index (Phi) is 5.27.